The lowest BCUT2D eigenvalue weighted by Crippen LogP contribution is -2.31. The van der Waals surface area contributed by atoms with Gasteiger partial charge in [-0.1, -0.05) is 33.6 Å². The molecule has 0 heterocycles. The molecule has 0 aromatic rings. The molecular weight excluding hydrogens is 158 g/mol. The van der Waals surface area contributed by atoms with E-state index in [4.69, 9.17) is 5.73 Å². The first-order valence-electron chi connectivity index (χ1n) is 5.56. The van der Waals surface area contributed by atoms with Crippen LogP contribution in [0.25, 0.3) is 0 Å². The predicted molar refractivity (Wildman–Crippen MR) is 60.8 cm³/mol. The van der Waals surface area contributed by atoms with Crippen LogP contribution in [0.4, 0.5) is 0 Å². The molecule has 0 rings (SSSR count). The van der Waals surface area contributed by atoms with Crippen LogP contribution >= 0.6 is 0 Å². The van der Waals surface area contributed by atoms with Crippen molar-refractivity contribution in [1.29, 1.82) is 0 Å². The normalized spacial score (nSPS) is 13.4. The van der Waals surface area contributed by atoms with E-state index in [2.05, 4.69) is 34.6 Å². The molecule has 0 fully saturated rings. The Morgan fingerprint density at radius 2 is 1.46 bits per heavy atom. The minimum absolute atomic E-state index is 0.0162. The second-order valence-corrected chi connectivity index (χ2v) is 5.76. The molecule has 0 saturated carbocycles. The molecular formula is C12H27N. The Morgan fingerprint density at radius 1 is 0.923 bits per heavy atom. The fraction of sp³-hybridized carbons (Fsp3) is 1.00. The molecule has 80 valence electrons. The Bertz CT molecular complexity index is 131. The Hall–Kier alpha value is -0.0400. The van der Waals surface area contributed by atoms with Crippen LogP contribution in [-0.2, 0) is 0 Å². The molecule has 1 heteroatoms. The number of rotatable bonds is 6. The minimum Gasteiger partial charge on any atom is -0.326 e. The van der Waals surface area contributed by atoms with Gasteiger partial charge in [-0.05, 0) is 38.5 Å². The van der Waals surface area contributed by atoms with Gasteiger partial charge in [0.15, 0.2) is 0 Å². The number of hydrogen-bond donors (Lipinski definition) is 1. The van der Waals surface area contributed by atoms with Gasteiger partial charge in [-0.25, -0.2) is 0 Å². The summed E-state index contributed by atoms with van der Waals surface area (Å²) in [6, 6.07) is 0. The molecule has 0 spiro atoms. The summed E-state index contributed by atoms with van der Waals surface area (Å²) in [5.41, 5.74) is 6.47. The average molecular weight is 185 g/mol. The van der Waals surface area contributed by atoms with Crippen molar-refractivity contribution in [3.8, 4) is 0 Å². The topological polar surface area (TPSA) is 26.0 Å². The third kappa shape index (κ3) is 8.29. The zero-order chi connectivity index (χ0) is 10.5. The van der Waals surface area contributed by atoms with Crippen molar-refractivity contribution in [2.24, 2.45) is 11.1 Å². The minimum atomic E-state index is 0.0162. The fourth-order valence-electron chi connectivity index (χ4n) is 1.82. The SMILES string of the molecule is CCCC(C)(C)CCCC(C)(C)N. The Labute approximate surface area is 84.1 Å². The van der Waals surface area contributed by atoms with Gasteiger partial charge in [-0.2, -0.15) is 0 Å². The molecule has 2 N–H and O–H groups in total. The first-order valence-corrected chi connectivity index (χ1v) is 5.56. The maximum Gasteiger partial charge on any atom is 0.00970 e. The maximum atomic E-state index is 5.94. The molecule has 0 aliphatic carbocycles. The Morgan fingerprint density at radius 3 is 1.85 bits per heavy atom. The van der Waals surface area contributed by atoms with E-state index < -0.39 is 0 Å². The summed E-state index contributed by atoms with van der Waals surface area (Å²) in [6.45, 7) is 11.2. The summed E-state index contributed by atoms with van der Waals surface area (Å²) in [7, 11) is 0. The molecule has 0 bridgehead atoms. The third-order valence-corrected chi connectivity index (χ3v) is 2.60. The molecule has 0 saturated heterocycles. The van der Waals surface area contributed by atoms with Crippen molar-refractivity contribution in [2.45, 2.75) is 72.3 Å². The fourth-order valence-corrected chi connectivity index (χ4v) is 1.82. The van der Waals surface area contributed by atoms with E-state index >= 15 is 0 Å². The van der Waals surface area contributed by atoms with E-state index in [0.717, 1.165) is 6.42 Å². The lowest BCUT2D eigenvalue weighted by Gasteiger charge is -2.26. The summed E-state index contributed by atoms with van der Waals surface area (Å²) in [4.78, 5) is 0. The van der Waals surface area contributed by atoms with Gasteiger partial charge in [-0.3, -0.25) is 0 Å². The molecule has 0 amide bonds. The van der Waals surface area contributed by atoms with E-state index in [9.17, 15) is 0 Å². The van der Waals surface area contributed by atoms with Crippen molar-refractivity contribution in [1.82, 2.24) is 0 Å². The van der Waals surface area contributed by atoms with Gasteiger partial charge < -0.3 is 5.73 Å². The lowest BCUT2D eigenvalue weighted by molar-refractivity contribution is 0.280. The van der Waals surface area contributed by atoms with Crippen LogP contribution in [0.3, 0.4) is 0 Å². The Kier molecular flexibility index (Phi) is 4.98. The highest BCUT2D eigenvalue weighted by Gasteiger charge is 2.18. The van der Waals surface area contributed by atoms with Crippen LogP contribution in [0.1, 0.15) is 66.7 Å². The predicted octanol–water partition coefficient (Wildman–Crippen LogP) is 3.72. The van der Waals surface area contributed by atoms with Crippen molar-refractivity contribution < 1.29 is 0 Å². The molecule has 0 aromatic carbocycles. The van der Waals surface area contributed by atoms with E-state index in [1.165, 1.54) is 25.7 Å². The second kappa shape index (κ2) is 4.99. The van der Waals surface area contributed by atoms with Gasteiger partial charge in [0.1, 0.15) is 0 Å². The molecule has 0 aromatic heterocycles. The van der Waals surface area contributed by atoms with Gasteiger partial charge in [0, 0.05) is 5.54 Å². The van der Waals surface area contributed by atoms with E-state index in [-0.39, 0.29) is 5.54 Å². The van der Waals surface area contributed by atoms with Gasteiger partial charge in [0.2, 0.25) is 0 Å². The summed E-state index contributed by atoms with van der Waals surface area (Å²) in [6.07, 6.45) is 6.33. The van der Waals surface area contributed by atoms with E-state index in [0.29, 0.717) is 5.41 Å². The van der Waals surface area contributed by atoms with Crippen molar-refractivity contribution in [3.05, 3.63) is 0 Å². The first kappa shape index (κ1) is 13.0. The van der Waals surface area contributed by atoms with Gasteiger partial charge >= 0.3 is 0 Å². The van der Waals surface area contributed by atoms with Crippen LogP contribution in [0.2, 0.25) is 0 Å². The van der Waals surface area contributed by atoms with Gasteiger partial charge in [0.25, 0.3) is 0 Å². The van der Waals surface area contributed by atoms with Gasteiger partial charge in [0.05, 0.1) is 0 Å². The third-order valence-electron chi connectivity index (χ3n) is 2.60. The first-order chi connectivity index (χ1) is 5.77. The summed E-state index contributed by atoms with van der Waals surface area (Å²) < 4.78 is 0. The molecule has 0 aliphatic rings. The van der Waals surface area contributed by atoms with E-state index in [1.54, 1.807) is 0 Å². The summed E-state index contributed by atoms with van der Waals surface area (Å²) in [5.74, 6) is 0. The highest BCUT2D eigenvalue weighted by molar-refractivity contribution is 4.74. The molecule has 0 atom stereocenters. The average Bonchev–Trinajstić information content (AvgIpc) is 1.82. The van der Waals surface area contributed by atoms with Crippen LogP contribution < -0.4 is 5.73 Å². The zero-order valence-electron chi connectivity index (χ0n) is 10.1. The highest BCUT2D eigenvalue weighted by Crippen LogP contribution is 2.29. The zero-order valence-corrected chi connectivity index (χ0v) is 10.1. The van der Waals surface area contributed by atoms with Crippen molar-refractivity contribution in [3.63, 3.8) is 0 Å². The summed E-state index contributed by atoms with van der Waals surface area (Å²) in [5, 5.41) is 0. The maximum absolute atomic E-state index is 5.94. The largest absolute Gasteiger partial charge is 0.326 e. The van der Waals surface area contributed by atoms with Crippen LogP contribution in [0.5, 0.6) is 0 Å². The molecule has 1 nitrogen and oxygen atoms in total. The second-order valence-electron chi connectivity index (χ2n) is 5.76. The molecule has 0 unspecified atom stereocenters. The number of hydrogen-bond acceptors (Lipinski definition) is 1. The van der Waals surface area contributed by atoms with Crippen LogP contribution in [-0.4, -0.2) is 5.54 Å². The van der Waals surface area contributed by atoms with E-state index in [1.807, 2.05) is 0 Å². The molecule has 13 heavy (non-hydrogen) atoms. The lowest BCUT2D eigenvalue weighted by atomic mass is 9.81. The monoisotopic (exact) mass is 185 g/mol. The van der Waals surface area contributed by atoms with Crippen molar-refractivity contribution in [2.75, 3.05) is 0 Å². The quantitative estimate of drug-likeness (QED) is 0.670. The Balaban J connectivity index is 3.63. The van der Waals surface area contributed by atoms with Crippen LogP contribution in [0, 0.1) is 5.41 Å². The molecule has 0 aliphatic heterocycles. The summed E-state index contributed by atoms with van der Waals surface area (Å²) >= 11 is 0. The number of nitrogens with two attached hydrogens (primary N) is 1. The van der Waals surface area contributed by atoms with Crippen LogP contribution in [0.15, 0.2) is 0 Å². The van der Waals surface area contributed by atoms with Crippen molar-refractivity contribution >= 4 is 0 Å². The smallest absolute Gasteiger partial charge is 0.00970 e. The highest BCUT2D eigenvalue weighted by atomic mass is 14.7. The standard InChI is InChI=1S/C12H27N/c1-6-8-11(2,3)9-7-10-12(4,5)13/h6-10,13H2,1-5H3. The molecule has 0 radical (unpaired) electrons. The van der Waals surface area contributed by atoms with Gasteiger partial charge in [-0.15, -0.1) is 0 Å².